The van der Waals surface area contributed by atoms with E-state index in [-0.39, 0.29) is 5.56 Å². The van der Waals surface area contributed by atoms with Crippen LogP contribution in [0.15, 0.2) is 40.2 Å². The molecule has 1 aromatic heterocycles. The predicted octanol–water partition coefficient (Wildman–Crippen LogP) is 3.40. The molecule has 0 fully saturated rings. The Kier molecular flexibility index (Phi) is 5.91. The van der Waals surface area contributed by atoms with Crippen molar-refractivity contribution in [3.8, 4) is 11.8 Å². The molecule has 0 unspecified atom stereocenters. The highest BCUT2D eigenvalue weighted by Crippen LogP contribution is 2.12. The van der Waals surface area contributed by atoms with Crippen LogP contribution in [0.25, 0.3) is 0 Å². The van der Waals surface area contributed by atoms with E-state index in [1.54, 1.807) is 26.1 Å². The van der Waals surface area contributed by atoms with Crippen LogP contribution in [-0.4, -0.2) is 17.5 Å². The Morgan fingerprint density at radius 3 is 2.62 bits per heavy atom. The van der Waals surface area contributed by atoms with Crippen molar-refractivity contribution in [3.05, 3.63) is 63.1 Å². The quantitative estimate of drug-likeness (QED) is 0.604. The zero-order chi connectivity index (χ0) is 17.5. The molecule has 124 valence electrons. The van der Waals surface area contributed by atoms with Crippen molar-refractivity contribution in [1.82, 2.24) is 4.68 Å². The maximum atomic E-state index is 12.3. The molecule has 5 heteroatoms. The van der Waals surface area contributed by atoms with Gasteiger partial charge < -0.3 is 4.74 Å². The Morgan fingerprint density at radius 1 is 1.29 bits per heavy atom. The minimum atomic E-state index is -0.397. The fraction of sp³-hybridized carbons (Fsp3) is 0.316. The minimum Gasteiger partial charge on any atom is -0.494 e. The molecule has 2 rings (SSSR count). The second-order valence-corrected chi connectivity index (χ2v) is 5.59. The van der Waals surface area contributed by atoms with Crippen LogP contribution in [-0.2, 0) is 0 Å². The second kappa shape index (κ2) is 8.11. The van der Waals surface area contributed by atoms with Gasteiger partial charge in [0.15, 0.2) is 0 Å². The van der Waals surface area contributed by atoms with E-state index in [0.717, 1.165) is 24.2 Å². The lowest BCUT2D eigenvalue weighted by atomic mass is 10.1. The number of unbranched alkanes of at least 4 members (excludes halogenated alkanes) is 1. The monoisotopic (exact) mass is 323 g/mol. The number of pyridine rings is 1. The fourth-order valence-corrected chi connectivity index (χ4v) is 2.27. The van der Waals surface area contributed by atoms with Gasteiger partial charge in [-0.2, -0.15) is 10.4 Å². The molecular weight excluding hydrogens is 302 g/mol. The van der Waals surface area contributed by atoms with Crippen molar-refractivity contribution in [1.29, 1.82) is 5.26 Å². The van der Waals surface area contributed by atoms with E-state index in [1.165, 1.54) is 4.68 Å². The van der Waals surface area contributed by atoms with Crippen molar-refractivity contribution >= 4 is 6.21 Å². The number of nitriles is 1. The maximum absolute atomic E-state index is 12.3. The largest absolute Gasteiger partial charge is 0.494 e. The van der Waals surface area contributed by atoms with Gasteiger partial charge in [0.05, 0.1) is 12.8 Å². The van der Waals surface area contributed by atoms with Gasteiger partial charge in [-0.05, 0) is 61.7 Å². The van der Waals surface area contributed by atoms with E-state index >= 15 is 0 Å². The third-order valence-electron chi connectivity index (χ3n) is 3.64. The van der Waals surface area contributed by atoms with Crippen LogP contribution in [0.2, 0.25) is 0 Å². The van der Waals surface area contributed by atoms with Crippen LogP contribution in [0, 0.1) is 25.2 Å². The van der Waals surface area contributed by atoms with E-state index in [2.05, 4.69) is 12.0 Å². The minimum absolute atomic E-state index is 0.123. The first-order valence-electron chi connectivity index (χ1n) is 7.97. The molecule has 0 saturated heterocycles. The lowest BCUT2D eigenvalue weighted by Crippen LogP contribution is -2.22. The van der Waals surface area contributed by atoms with Crippen molar-refractivity contribution in [2.24, 2.45) is 5.10 Å². The molecule has 5 nitrogen and oxygen atoms in total. The zero-order valence-electron chi connectivity index (χ0n) is 14.2. The first kappa shape index (κ1) is 17.5. The molecule has 0 saturated carbocycles. The standard InChI is InChI=1S/C19H21N3O2/c1-4-5-10-24-17-8-6-16(7-9-17)13-21-22-15(3)11-14(2)18(12-20)19(22)23/h6-9,11,13H,4-5,10H2,1-3H3/b21-13+. The summed E-state index contributed by atoms with van der Waals surface area (Å²) in [4.78, 5) is 12.3. The van der Waals surface area contributed by atoms with Gasteiger partial charge >= 0.3 is 0 Å². The molecular formula is C19H21N3O2. The molecule has 1 aromatic carbocycles. The summed E-state index contributed by atoms with van der Waals surface area (Å²) < 4.78 is 6.86. The third kappa shape index (κ3) is 4.11. The average molecular weight is 323 g/mol. The number of ether oxygens (including phenoxy) is 1. The molecule has 0 bridgehead atoms. The van der Waals surface area contributed by atoms with Crippen LogP contribution in [0.4, 0.5) is 0 Å². The van der Waals surface area contributed by atoms with Gasteiger partial charge in [0.25, 0.3) is 5.56 Å². The number of rotatable bonds is 6. The number of hydrogen-bond donors (Lipinski definition) is 0. The van der Waals surface area contributed by atoms with Crippen LogP contribution in [0.1, 0.15) is 42.1 Å². The topological polar surface area (TPSA) is 67.4 Å². The highest BCUT2D eigenvalue weighted by molar-refractivity contribution is 5.79. The zero-order valence-corrected chi connectivity index (χ0v) is 14.2. The summed E-state index contributed by atoms with van der Waals surface area (Å²) in [6, 6.07) is 11.2. The SMILES string of the molecule is CCCCOc1ccc(/C=N/n2c(C)cc(C)c(C#N)c2=O)cc1. The average Bonchev–Trinajstić information content (AvgIpc) is 2.56. The summed E-state index contributed by atoms with van der Waals surface area (Å²) >= 11 is 0. The van der Waals surface area contributed by atoms with E-state index in [0.29, 0.717) is 17.9 Å². The Hall–Kier alpha value is -2.87. The van der Waals surface area contributed by atoms with Crippen LogP contribution in [0.5, 0.6) is 5.75 Å². The lowest BCUT2D eigenvalue weighted by molar-refractivity contribution is 0.309. The molecule has 0 radical (unpaired) electrons. The summed E-state index contributed by atoms with van der Waals surface area (Å²) in [5.41, 5.74) is 1.93. The Balaban J connectivity index is 2.20. The van der Waals surface area contributed by atoms with Crippen LogP contribution in [0.3, 0.4) is 0 Å². The van der Waals surface area contributed by atoms with E-state index in [4.69, 9.17) is 10.00 Å². The van der Waals surface area contributed by atoms with Crippen LogP contribution < -0.4 is 10.3 Å². The molecule has 0 amide bonds. The molecule has 0 spiro atoms. The van der Waals surface area contributed by atoms with Crippen molar-refractivity contribution < 1.29 is 4.74 Å². The summed E-state index contributed by atoms with van der Waals surface area (Å²) in [7, 11) is 0. The van der Waals surface area contributed by atoms with E-state index < -0.39 is 5.56 Å². The van der Waals surface area contributed by atoms with Gasteiger partial charge in [-0.15, -0.1) is 0 Å². The number of hydrogen-bond acceptors (Lipinski definition) is 4. The number of nitrogens with zero attached hydrogens (tertiary/aromatic N) is 3. The predicted molar refractivity (Wildman–Crippen MR) is 94.7 cm³/mol. The molecule has 2 aromatic rings. The lowest BCUT2D eigenvalue weighted by Gasteiger charge is -2.07. The molecule has 0 N–H and O–H groups in total. The van der Waals surface area contributed by atoms with Gasteiger partial charge in [-0.3, -0.25) is 4.79 Å². The Bertz CT molecular complexity index is 827. The summed E-state index contributed by atoms with van der Waals surface area (Å²) in [6.07, 6.45) is 3.72. The maximum Gasteiger partial charge on any atom is 0.289 e. The van der Waals surface area contributed by atoms with Gasteiger partial charge in [-0.25, -0.2) is 4.68 Å². The van der Waals surface area contributed by atoms with Crippen molar-refractivity contribution in [2.45, 2.75) is 33.6 Å². The van der Waals surface area contributed by atoms with Gasteiger partial charge in [0.2, 0.25) is 0 Å². The molecule has 1 heterocycles. The highest BCUT2D eigenvalue weighted by Gasteiger charge is 2.08. The van der Waals surface area contributed by atoms with Crippen molar-refractivity contribution in [3.63, 3.8) is 0 Å². The van der Waals surface area contributed by atoms with Gasteiger partial charge in [-0.1, -0.05) is 13.3 Å². The van der Waals surface area contributed by atoms with Gasteiger partial charge in [0.1, 0.15) is 17.4 Å². The van der Waals surface area contributed by atoms with E-state index in [1.807, 2.05) is 30.3 Å². The number of aryl methyl sites for hydroxylation is 2. The number of aromatic nitrogens is 1. The molecule has 0 aliphatic carbocycles. The molecule has 0 aliphatic heterocycles. The first-order chi connectivity index (χ1) is 11.6. The summed E-state index contributed by atoms with van der Waals surface area (Å²) in [5.74, 6) is 0.816. The van der Waals surface area contributed by atoms with Crippen molar-refractivity contribution in [2.75, 3.05) is 6.61 Å². The molecule has 24 heavy (non-hydrogen) atoms. The third-order valence-corrected chi connectivity index (χ3v) is 3.64. The number of benzene rings is 1. The first-order valence-corrected chi connectivity index (χ1v) is 7.97. The van der Waals surface area contributed by atoms with E-state index in [9.17, 15) is 4.79 Å². The fourth-order valence-electron chi connectivity index (χ4n) is 2.27. The highest BCUT2D eigenvalue weighted by atomic mass is 16.5. The summed E-state index contributed by atoms with van der Waals surface area (Å²) in [6.45, 7) is 6.37. The Morgan fingerprint density at radius 2 is 2.00 bits per heavy atom. The summed E-state index contributed by atoms with van der Waals surface area (Å²) in [5, 5.41) is 13.3. The normalized spacial score (nSPS) is 10.8. The van der Waals surface area contributed by atoms with Gasteiger partial charge in [0, 0.05) is 5.69 Å². The second-order valence-electron chi connectivity index (χ2n) is 5.59. The van der Waals surface area contributed by atoms with Crippen LogP contribution >= 0.6 is 0 Å². The molecule has 0 aliphatic rings. The Labute approximate surface area is 141 Å². The molecule has 0 atom stereocenters. The smallest absolute Gasteiger partial charge is 0.289 e.